The molecule has 257 valence electrons. The summed E-state index contributed by atoms with van der Waals surface area (Å²) in [5.41, 5.74) is 15.4. The fourth-order valence-corrected chi connectivity index (χ4v) is 7.66. The van der Waals surface area contributed by atoms with Crippen LogP contribution in [0.4, 0.5) is 0 Å². The molecule has 9 rings (SSSR count). The summed E-state index contributed by atoms with van der Waals surface area (Å²) >= 11 is 0. The summed E-state index contributed by atoms with van der Waals surface area (Å²) in [5, 5.41) is 10.5. The standard InChI is InChI=1S/C36H26N.C12H12O2.Ir/c1-36(2)32-16-10-9-15-28(32)29-19-17-27(22-33(29)36)35-23-30(25-13-7-4-8-14-25)31-21-26(18-20-34(31)37-35)24-11-5-3-6-12-24;1-8(13)10-7-6-9-4-2-3-5-11(9)12(10)14;/h3-16,18-23H,1-2H3;2-5,13H,6-7H2,1H3;/q-1;;/b;10-8-;. The van der Waals surface area contributed by atoms with Gasteiger partial charge in [-0.05, 0) is 76.4 Å². The Morgan fingerprint density at radius 3 is 2.04 bits per heavy atom. The molecule has 1 radical (unpaired) electrons. The van der Waals surface area contributed by atoms with Crippen LogP contribution in [0.2, 0.25) is 0 Å². The van der Waals surface area contributed by atoms with Gasteiger partial charge in [0.1, 0.15) is 0 Å². The maximum Gasteiger partial charge on any atom is 0.192 e. The van der Waals surface area contributed by atoms with Crippen molar-refractivity contribution in [2.24, 2.45) is 0 Å². The van der Waals surface area contributed by atoms with E-state index in [1.807, 2.05) is 24.3 Å². The Hall–Kier alpha value is -5.41. The van der Waals surface area contributed by atoms with Crippen molar-refractivity contribution in [2.45, 2.75) is 39.0 Å². The number of ketones is 1. The van der Waals surface area contributed by atoms with Crippen LogP contribution in [0.25, 0.3) is 55.5 Å². The van der Waals surface area contributed by atoms with Gasteiger partial charge in [-0.25, -0.2) is 0 Å². The van der Waals surface area contributed by atoms with Crippen molar-refractivity contribution < 1.29 is 30.0 Å². The van der Waals surface area contributed by atoms with E-state index < -0.39 is 0 Å². The van der Waals surface area contributed by atoms with E-state index in [0.717, 1.165) is 39.7 Å². The van der Waals surface area contributed by atoms with Crippen LogP contribution in [0.1, 0.15) is 54.2 Å². The van der Waals surface area contributed by atoms with Crippen LogP contribution in [0.5, 0.6) is 0 Å². The average Bonchev–Trinajstić information content (AvgIpc) is 3.40. The van der Waals surface area contributed by atoms with Gasteiger partial charge in [0.25, 0.3) is 0 Å². The van der Waals surface area contributed by atoms with Crippen molar-refractivity contribution in [1.29, 1.82) is 0 Å². The first-order valence-electron chi connectivity index (χ1n) is 17.5. The third-order valence-electron chi connectivity index (χ3n) is 10.4. The number of aryl methyl sites for hydroxylation is 1. The molecule has 1 heterocycles. The molecule has 0 bridgehead atoms. The number of aliphatic hydroxyl groups is 1. The Morgan fingerprint density at radius 2 is 1.31 bits per heavy atom. The van der Waals surface area contributed by atoms with Gasteiger partial charge in [0.15, 0.2) is 5.78 Å². The quantitative estimate of drug-likeness (QED) is 0.109. The Morgan fingerprint density at radius 1 is 0.654 bits per heavy atom. The summed E-state index contributed by atoms with van der Waals surface area (Å²) in [6, 6.07) is 54.4. The predicted molar refractivity (Wildman–Crippen MR) is 209 cm³/mol. The first kappa shape index (κ1) is 35.0. The van der Waals surface area contributed by atoms with E-state index in [0.29, 0.717) is 12.0 Å². The number of carbonyl (C=O) groups is 1. The van der Waals surface area contributed by atoms with Gasteiger partial charge in [0.2, 0.25) is 0 Å². The van der Waals surface area contributed by atoms with Gasteiger partial charge < -0.3 is 5.11 Å². The zero-order valence-electron chi connectivity index (χ0n) is 29.4. The second-order valence-electron chi connectivity index (χ2n) is 13.9. The number of hydrogen-bond acceptors (Lipinski definition) is 3. The number of aromatic nitrogens is 1. The fraction of sp³-hybridized carbons (Fsp3) is 0.125. The molecule has 0 fully saturated rings. The van der Waals surface area contributed by atoms with Crippen LogP contribution in [0.15, 0.2) is 157 Å². The number of aliphatic hydroxyl groups excluding tert-OH is 1. The Balaban J connectivity index is 0.000000236. The smallest absolute Gasteiger partial charge is 0.192 e. The Labute approximate surface area is 319 Å². The van der Waals surface area contributed by atoms with E-state index >= 15 is 0 Å². The molecule has 0 saturated carbocycles. The molecule has 1 aromatic heterocycles. The number of pyridine rings is 1. The molecule has 2 aliphatic rings. The summed E-state index contributed by atoms with van der Waals surface area (Å²) in [6.07, 6.45) is 1.49. The van der Waals surface area contributed by atoms with Crippen molar-refractivity contribution in [3.05, 3.63) is 185 Å². The molecular formula is C48H38IrNO2-. The number of hydrogen-bond donors (Lipinski definition) is 1. The molecule has 0 aliphatic heterocycles. The van der Waals surface area contributed by atoms with Crippen LogP contribution >= 0.6 is 0 Å². The summed E-state index contributed by atoms with van der Waals surface area (Å²) in [5.74, 6) is 0.136. The normalized spacial score (nSPS) is 14.6. The number of fused-ring (bicyclic) bond motifs is 5. The number of nitrogens with zero attached hydrogens (tertiary/aromatic N) is 1. The van der Waals surface area contributed by atoms with Gasteiger partial charge in [-0.1, -0.05) is 146 Å². The number of allylic oxidation sites excluding steroid dienone is 2. The number of benzene rings is 6. The van der Waals surface area contributed by atoms with Crippen molar-refractivity contribution >= 4 is 16.7 Å². The van der Waals surface area contributed by atoms with E-state index in [2.05, 4.69) is 141 Å². The van der Waals surface area contributed by atoms with Crippen molar-refractivity contribution in [2.75, 3.05) is 0 Å². The molecule has 0 spiro atoms. The molecule has 3 nitrogen and oxygen atoms in total. The number of carbonyl (C=O) groups excluding carboxylic acids is 1. The third-order valence-corrected chi connectivity index (χ3v) is 10.4. The van der Waals surface area contributed by atoms with Gasteiger partial charge in [-0.15, -0.1) is 29.3 Å². The molecule has 1 N–H and O–H groups in total. The second-order valence-corrected chi connectivity index (χ2v) is 13.9. The Kier molecular flexibility index (Phi) is 9.63. The number of Topliss-reactive ketones (excluding diaryl/α,β-unsaturated/α-hetero) is 1. The molecule has 7 aromatic rings. The minimum Gasteiger partial charge on any atom is -0.512 e. The van der Waals surface area contributed by atoms with Crippen LogP contribution in [0, 0.1) is 6.07 Å². The van der Waals surface area contributed by atoms with Gasteiger partial charge in [-0.2, -0.15) is 0 Å². The second kappa shape index (κ2) is 14.3. The van der Waals surface area contributed by atoms with Gasteiger partial charge in [0, 0.05) is 36.6 Å². The van der Waals surface area contributed by atoms with E-state index in [1.54, 1.807) is 6.92 Å². The van der Waals surface area contributed by atoms with Crippen LogP contribution < -0.4 is 0 Å². The molecule has 52 heavy (non-hydrogen) atoms. The molecule has 6 aromatic carbocycles. The maximum atomic E-state index is 11.8. The molecule has 4 heteroatoms. The van der Waals surface area contributed by atoms with E-state index in [4.69, 9.17) is 4.98 Å². The molecule has 0 amide bonds. The maximum absolute atomic E-state index is 11.8. The summed E-state index contributed by atoms with van der Waals surface area (Å²) in [4.78, 5) is 17.0. The van der Waals surface area contributed by atoms with Crippen LogP contribution in [-0.4, -0.2) is 15.9 Å². The zero-order chi connectivity index (χ0) is 35.1. The minimum atomic E-state index is -0.0561. The molecule has 2 aliphatic carbocycles. The van der Waals surface area contributed by atoms with Crippen molar-refractivity contribution in [3.8, 4) is 44.6 Å². The van der Waals surface area contributed by atoms with Crippen LogP contribution in [-0.2, 0) is 31.9 Å². The van der Waals surface area contributed by atoms with Gasteiger partial charge >= 0.3 is 0 Å². The average molecular weight is 853 g/mol. The first-order valence-corrected chi connectivity index (χ1v) is 17.5. The zero-order valence-corrected chi connectivity index (χ0v) is 31.8. The molecular weight excluding hydrogens is 815 g/mol. The van der Waals surface area contributed by atoms with Gasteiger partial charge in [-0.3, -0.25) is 9.78 Å². The molecule has 0 unspecified atom stereocenters. The van der Waals surface area contributed by atoms with Crippen LogP contribution in [0.3, 0.4) is 0 Å². The van der Waals surface area contributed by atoms with E-state index in [1.165, 1.54) is 44.5 Å². The topological polar surface area (TPSA) is 50.2 Å². The molecule has 0 atom stereocenters. The monoisotopic (exact) mass is 853 g/mol. The van der Waals surface area contributed by atoms with E-state index in [9.17, 15) is 9.90 Å². The Bertz CT molecular complexity index is 2480. The van der Waals surface area contributed by atoms with Gasteiger partial charge in [0.05, 0.1) is 11.3 Å². The van der Waals surface area contributed by atoms with Crippen molar-refractivity contribution in [3.63, 3.8) is 0 Å². The summed E-state index contributed by atoms with van der Waals surface area (Å²) < 4.78 is 0. The van der Waals surface area contributed by atoms with Crippen molar-refractivity contribution in [1.82, 2.24) is 4.98 Å². The third kappa shape index (κ3) is 6.34. The largest absolute Gasteiger partial charge is 0.512 e. The summed E-state index contributed by atoms with van der Waals surface area (Å²) in [6.45, 7) is 6.20. The molecule has 0 saturated heterocycles. The fourth-order valence-electron chi connectivity index (χ4n) is 7.66. The minimum absolute atomic E-state index is 0. The first-order chi connectivity index (χ1) is 24.8. The van der Waals surface area contributed by atoms with E-state index in [-0.39, 0.29) is 37.1 Å². The summed E-state index contributed by atoms with van der Waals surface area (Å²) in [7, 11) is 0. The number of rotatable bonds is 3. The SMILES string of the molecule is C/C(O)=C1\CCc2ccccc2C1=O.CC1(C)c2ccccc2-c2c[c-]c(-c3cc(-c4ccccc4)c4cc(-c5ccccc5)ccc4n3)cc21.[Ir]. The predicted octanol–water partition coefficient (Wildman–Crippen LogP) is 12.0.